The number of rotatable bonds is 6. The number of anilines is 1. The third kappa shape index (κ3) is 4.54. The number of allylic oxidation sites excluding steroid dienone is 1. The minimum absolute atomic E-state index is 0.0680. The van der Waals surface area contributed by atoms with Gasteiger partial charge in [-0.15, -0.1) is 0 Å². The summed E-state index contributed by atoms with van der Waals surface area (Å²) < 4.78 is 11.0. The van der Waals surface area contributed by atoms with Gasteiger partial charge in [0.15, 0.2) is 0 Å². The minimum atomic E-state index is -0.358. The molecule has 1 aromatic carbocycles. The molecule has 5 nitrogen and oxygen atoms in total. The molecular formula is C18H21Cl2NO4. The smallest absolute Gasteiger partial charge is 0.261 e. The maximum Gasteiger partial charge on any atom is 0.261 e. The third-order valence-electron chi connectivity index (χ3n) is 3.68. The molecule has 25 heavy (non-hydrogen) atoms. The number of hydrogen-bond acceptors (Lipinski definition) is 4. The molecule has 2 rings (SSSR count). The average Bonchev–Trinajstić information content (AvgIpc) is 2.81. The summed E-state index contributed by atoms with van der Waals surface area (Å²) in [5.41, 5.74) is 1.58. The molecule has 0 aromatic heterocycles. The van der Waals surface area contributed by atoms with Gasteiger partial charge in [-0.25, -0.2) is 4.90 Å². The Labute approximate surface area is 157 Å². The number of hydrogen-bond donors (Lipinski definition) is 0. The van der Waals surface area contributed by atoms with Gasteiger partial charge in [-0.1, -0.05) is 28.8 Å². The zero-order valence-electron chi connectivity index (χ0n) is 14.7. The Kier molecular flexibility index (Phi) is 6.49. The van der Waals surface area contributed by atoms with Crippen molar-refractivity contribution < 1.29 is 19.1 Å². The molecule has 1 aliphatic heterocycles. The lowest BCUT2D eigenvalue weighted by Crippen LogP contribution is -2.29. The van der Waals surface area contributed by atoms with Crippen molar-refractivity contribution in [1.82, 2.24) is 0 Å². The normalized spacial score (nSPS) is 14.7. The van der Waals surface area contributed by atoms with Crippen LogP contribution in [0.1, 0.15) is 34.1 Å². The quantitative estimate of drug-likeness (QED) is 0.413. The first-order valence-corrected chi connectivity index (χ1v) is 8.75. The molecule has 0 unspecified atom stereocenters. The van der Waals surface area contributed by atoms with Crippen LogP contribution in [-0.2, 0) is 14.3 Å². The van der Waals surface area contributed by atoms with Gasteiger partial charge in [0, 0.05) is 11.6 Å². The summed E-state index contributed by atoms with van der Waals surface area (Å²) in [6.45, 7) is 8.15. The van der Waals surface area contributed by atoms with E-state index in [9.17, 15) is 9.59 Å². The molecule has 1 saturated heterocycles. The van der Waals surface area contributed by atoms with Crippen LogP contribution < -0.4 is 9.64 Å². The molecule has 0 radical (unpaired) electrons. The van der Waals surface area contributed by atoms with Gasteiger partial charge >= 0.3 is 0 Å². The van der Waals surface area contributed by atoms with Crippen molar-refractivity contribution in [2.24, 2.45) is 0 Å². The van der Waals surface area contributed by atoms with E-state index in [2.05, 4.69) is 0 Å². The van der Waals surface area contributed by atoms with Gasteiger partial charge < -0.3 is 9.47 Å². The Hall–Kier alpha value is -1.56. The molecule has 0 spiro atoms. The predicted octanol–water partition coefficient (Wildman–Crippen LogP) is 4.40. The number of carbonyl (C=O) groups excluding carboxylic acids is 2. The zero-order chi connectivity index (χ0) is 18.7. The Bertz CT molecular complexity index is 724. The predicted molar refractivity (Wildman–Crippen MR) is 98.5 cm³/mol. The molecule has 0 bridgehead atoms. The van der Waals surface area contributed by atoms with Crippen LogP contribution in [0.15, 0.2) is 23.3 Å². The van der Waals surface area contributed by atoms with Crippen molar-refractivity contribution in [2.75, 3.05) is 18.1 Å². The van der Waals surface area contributed by atoms with E-state index in [-0.39, 0.29) is 35.0 Å². The van der Waals surface area contributed by atoms with Crippen LogP contribution in [0.25, 0.3) is 0 Å². The molecule has 0 atom stereocenters. The number of amides is 2. The van der Waals surface area contributed by atoms with E-state index >= 15 is 0 Å². The van der Waals surface area contributed by atoms with Crippen LogP contribution in [0.3, 0.4) is 0 Å². The zero-order valence-corrected chi connectivity index (χ0v) is 16.2. The first kappa shape index (κ1) is 19.8. The van der Waals surface area contributed by atoms with Crippen LogP contribution in [0, 0.1) is 0 Å². The molecule has 2 amide bonds. The van der Waals surface area contributed by atoms with Crippen molar-refractivity contribution >= 4 is 40.7 Å². The van der Waals surface area contributed by atoms with Crippen molar-refractivity contribution in [1.29, 1.82) is 0 Å². The Morgan fingerprint density at radius 3 is 2.40 bits per heavy atom. The Balaban J connectivity index is 2.27. The number of benzene rings is 1. The first-order valence-electron chi connectivity index (χ1n) is 7.99. The lowest BCUT2D eigenvalue weighted by atomic mass is 10.1. The summed E-state index contributed by atoms with van der Waals surface area (Å²) in [6, 6.07) is 2.99. The summed E-state index contributed by atoms with van der Waals surface area (Å²) in [4.78, 5) is 25.9. The lowest BCUT2D eigenvalue weighted by Gasteiger charge is -2.18. The first-order chi connectivity index (χ1) is 11.7. The minimum Gasteiger partial charge on any atom is -0.490 e. The fourth-order valence-corrected chi connectivity index (χ4v) is 2.95. The molecule has 1 aromatic rings. The summed E-state index contributed by atoms with van der Waals surface area (Å²) in [7, 11) is 0. The summed E-state index contributed by atoms with van der Waals surface area (Å²) in [5.74, 6) is -0.331. The topological polar surface area (TPSA) is 55.8 Å². The van der Waals surface area contributed by atoms with Gasteiger partial charge in [0.2, 0.25) is 5.91 Å². The maximum absolute atomic E-state index is 12.5. The van der Waals surface area contributed by atoms with Gasteiger partial charge in [0.05, 0.1) is 34.9 Å². The molecule has 0 aliphatic carbocycles. The van der Waals surface area contributed by atoms with Crippen molar-refractivity contribution in [3.8, 4) is 5.75 Å². The number of carbonyl (C=O) groups is 2. The number of imide groups is 1. The Morgan fingerprint density at radius 2 is 1.84 bits per heavy atom. The SMILES string of the molecule is CC(C)=C1CC(=O)N(c2cc(OCCOC(C)C)c(Cl)cc2Cl)C1=O. The highest BCUT2D eigenvalue weighted by Gasteiger charge is 2.37. The van der Waals surface area contributed by atoms with E-state index in [0.29, 0.717) is 29.6 Å². The fourth-order valence-electron chi connectivity index (χ4n) is 2.42. The van der Waals surface area contributed by atoms with Gasteiger partial charge in [0.1, 0.15) is 12.4 Å². The van der Waals surface area contributed by atoms with E-state index in [4.69, 9.17) is 32.7 Å². The van der Waals surface area contributed by atoms with Crippen LogP contribution in [0.5, 0.6) is 5.75 Å². The van der Waals surface area contributed by atoms with Gasteiger partial charge in [0.25, 0.3) is 5.91 Å². The van der Waals surface area contributed by atoms with Gasteiger partial charge in [-0.3, -0.25) is 9.59 Å². The van der Waals surface area contributed by atoms with Crippen LogP contribution >= 0.6 is 23.2 Å². The van der Waals surface area contributed by atoms with Crippen LogP contribution in [0.2, 0.25) is 10.0 Å². The third-order valence-corrected chi connectivity index (χ3v) is 4.27. The Morgan fingerprint density at radius 1 is 1.16 bits per heavy atom. The highest BCUT2D eigenvalue weighted by atomic mass is 35.5. The lowest BCUT2D eigenvalue weighted by molar-refractivity contribution is -0.120. The van der Waals surface area contributed by atoms with Crippen molar-refractivity contribution in [3.63, 3.8) is 0 Å². The van der Waals surface area contributed by atoms with E-state index < -0.39 is 0 Å². The van der Waals surface area contributed by atoms with Gasteiger partial charge in [-0.2, -0.15) is 0 Å². The molecular weight excluding hydrogens is 365 g/mol. The van der Waals surface area contributed by atoms with Crippen LogP contribution in [-0.4, -0.2) is 31.1 Å². The second-order valence-corrected chi connectivity index (χ2v) is 7.01. The molecule has 1 heterocycles. The highest BCUT2D eigenvalue weighted by Crippen LogP contribution is 2.39. The summed E-state index contributed by atoms with van der Waals surface area (Å²) >= 11 is 12.4. The number of halogens is 2. The molecule has 7 heteroatoms. The molecule has 1 aliphatic rings. The van der Waals surface area contributed by atoms with Crippen LogP contribution in [0.4, 0.5) is 5.69 Å². The average molecular weight is 386 g/mol. The fraction of sp³-hybridized carbons (Fsp3) is 0.444. The van der Waals surface area contributed by atoms with E-state index in [1.165, 1.54) is 12.1 Å². The molecule has 1 fully saturated rings. The van der Waals surface area contributed by atoms with E-state index in [0.717, 1.165) is 10.5 Å². The second-order valence-electron chi connectivity index (χ2n) is 6.19. The standard InChI is InChI=1S/C18H21Cl2NO4/c1-10(2)12-7-17(22)21(18(12)23)15-9-16(14(20)8-13(15)19)25-6-5-24-11(3)4/h8-9,11H,5-7H2,1-4H3. The largest absolute Gasteiger partial charge is 0.490 e. The number of ether oxygens (including phenoxy) is 2. The maximum atomic E-state index is 12.5. The summed E-state index contributed by atoms with van der Waals surface area (Å²) in [5, 5.41) is 0.521. The molecule has 136 valence electrons. The highest BCUT2D eigenvalue weighted by molar-refractivity contribution is 6.39. The molecule has 0 saturated carbocycles. The van der Waals surface area contributed by atoms with E-state index in [1.54, 1.807) is 13.8 Å². The second kappa shape index (κ2) is 8.21. The van der Waals surface area contributed by atoms with Crippen molar-refractivity contribution in [3.05, 3.63) is 33.3 Å². The number of nitrogens with zero attached hydrogens (tertiary/aromatic N) is 1. The monoisotopic (exact) mass is 385 g/mol. The summed E-state index contributed by atoms with van der Waals surface area (Å²) in [6.07, 6.45) is 0.167. The van der Waals surface area contributed by atoms with E-state index in [1.807, 2.05) is 13.8 Å². The molecule has 0 N–H and O–H groups in total. The van der Waals surface area contributed by atoms with Crippen molar-refractivity contribution in [2.45, 2.75) is 40.2 Å². The van der Waals surface area contributed by atoms with Gasteiger partial charge in [-0.05, 0) is 33.8 Å².